The lowest BCUT2D eigenvalue weighted by molar-refractivity contribution is -0.203. The first-order chi connectivity index (χ1) is 20.2. The first-order valence-corrected chi connectivity index (χ1v) is 17.9. The molecule has 0 spiro atoms. The number of ether oxygens (including phenoxy) is 2. The van der Waals surface area contributed by atoms with Gasteiger partial charge in [0.05, 0.1) is 31.1 Å². The molecule has 0 unspecified atom stereocenters. The number of fused-ring (bicyclic) bond motifs is 5. The Hall–Kier alpha value is -1.91. The van der Waals surface area contributed by atoms with Gasteiger partial charge < -0.3 is 19.7 Å². The van der Waals surface area contributed by atoms with E-state index in [1.165, 1.54) is 18.3 Å². The topological polar surface area (TPSA) is 135 Å². The van der Waals surface area contributed by atoms with Crippen molar-refractivity contribution in [1.82, 2.24) is 9.71 Å². The van der Waals surface area contributed by atoms with Crippen molar-refractivity contribution in [2.45, 2.75) is 116 Å². The maximum absolute atomic E-state index is 12.7. The fourth-order valence-electron chi connectivity index (χ4n) is 10.3. The Balaban J connectivity index is 1.23. The maximum Gasteiger partial charge on any atom is 0.421 e. The number of carbonyl (C=O) groups is 1. The lowest BCUT2D eigenvalue weighted by Crippen LogP contribution is -2.62. The number of hydrogen-bond acceptors (Lipinski definition) is 8. The monoisotopic (exact) mass is 620 g/mol. The highest BCUT2D eigenvalue weighted by Crippen LogP contribution is 2.69. The van der Waals surface area contributed by atoms with Crippen LogP contribution in [-0.2, 0) is 14.8 Å². The minimum atomic E-state index is -4.18. The molecule has 1 amide bonds. The number of aliphatic hydroxyl groups is 2. The van der Waals surface area contributed by atoms with E-state index in [9.17, 15) is 23.4 Å². The molecular weight excluding hydrogens is 568 g/mol. The van der Waals surface area contributed by atoms with Gasteiger partial charge in [0.1, 0.15) is 5.75 Å². The van der Waals surface area contributed by atoms with E-state index in [2.05, 4.69) is 32.7 Å². The first kappa shape index (κ1) is 32.5. The van der Waals surface area contributed by atoms with Crippen molar-refractivity contribution >= 4 is 16.1 Å². The van der Waals surface area contributed by atoms with E-state index in [1.54, 1.807) is 0 Å². The summed E-state index contributed by atoms with van der Waals surface area (Å²) in [5, 5.41) is 22.1. The maximum atomic E-state index is 12.7. The molecule has 4 aliphatic carbocycles. The highest BCUT2D eigenvalue weighted by Gasteiger charge is 2.64. The highest BCUT2D eigenvalue weighted by atomic mass is 32.2. The van der Waals surface area contributed by atoms with Crippen LogP contribution in [0.25, 0.3) is 0 Å². The van der Waals surface area contributed by atoms with Gasteiger partial charge in [-0.25, -0.2) is 14.5 Å². The van der Waals surface area contributed by atoms with Crippen LogP contribution < -0.4 is 9.46 Å². The number of amides is 1. The third-order valence-electron chi connectivity index (χ3n) is 12.2. The Morgan fingerprint density at radius 2 is 1.74 bits per heavy atom. The Bertz CT molecular complexity index is 1260. The predicted octanol–water partition coefficient (Wildman–Crippen LogP) is 5.55. The van der Waals surface area contributed by atoms with E-state index in [0.29, 0.717) is 29.4 Å². The minimum absolute atomic E-state index is 0.0207. The summed E-state index contributed by atoms with van der Waals surface area (Å²) < 4.78 is 38.4. The highest BCUT2D eigenvalue weighted by molar-refractivity contribution is 7.90. The van der Waals surface area contributed by atoms with Gasteiger partial charge in [-0.2, -0.15) is 8.42 Å². The Labute approximate surface area is 257 Å². The van der Waals surface area contributed by atoms with Crippen molar-refractivity contribution in [2.75, 3.05) is 6.61 Å². The van der Waals surface area contributed by atoms with Gasteiger partial charge in [-0.1, -0.05) is 34.1 Å². The molecular formula is C33H52N2O7S. The first-order valence-electron chi connectivity index (χ1n) is 16.4. The van der Waals surface area contributed by atoms with Crippen molar-refractivity contribution in [3.63, 3.8) is 0 Å². The second kappa shape index (κ2) is 12.1. The lowest BCUT2D eigenvalue weighted by atomic mass is 9.41. The molecule has 1 aromatic heterocycles. The van der Waals surface area contributed by atoms with E-state index in [1.807, 2.05) is 18.6 Å². The van der Waals surface area contributed by atoms with Crippen molar-refractivity contribution in [2.24, 2.45) is 52.3 Å². The molecule has 0 saturated heterocycles. The molecule has 1 heterocycles. The number of aliphatic hydroxyl groups excluding tert-OH is 2. The van der Waals surface area contributed by atoms with Gasteiger partial charge in [0.15, 0.2) is 5.03 Å². The summed E-state index contributed by atoms with van der Waals surface area (Å²) in [4.78, 5) is 16.5. The average Bonchev–Trinajstić information content (AvgIpc) is 3.30. The zero-order chi connectivity index (χ0) is 31.3. The second-order valence-corrected chi connectivity index (χ2v) is 16.4. The molecule has 0 aromatic carbocycles. The molecule has 1 aromatic rings. The fraction of sp³-hybridized carbons (Fsp3) is 0.818. The van der Waals surface area contributed by atoms with E-state index in [0.717, 1.165) is 51.4 Å². The lowest BCUT2D eigenvalue weighted by Gasteiger charge is -2.64. The quantitative estimate of drug-likeness (QED) is 0.345. The van der Waals surface area contributed by atoms with Crippen LogP contribution >= 0.6 is 0 Å². The van der Waals surface area contributed by atoms with Gasteiger partial charge in [0, 0.05) is 0 Å². The van der Waals surface area contributed by atoms with E-state index < -0.39 is 16.1 Å². The molecule has 11 atom stereocenters. The summed E-state index contributed by atoms with van der Waals surface area (Å²) >= 11 is 0. The number of nitrogens with one attached hydrogen (secondary N) is 1. The third-order valence-corrected chi connectivity index (χ3v) is 13.4. The van der Waals surface area contributed by atoms with Crippen molar-refractivity contribution in [1.29, 1.82) is 0 Å². The SMILES string of the molecule is CC[C@H]1[C@@H](O)[C@@H]2[C@H](CC[C@]3(C)[C@@H]([C@H](C)COC(=O)NS(=O)(=O)c4ccc(OC(C)C)cn4)CC[C@@H]23)[C@@]2(C)CC[C@H](O)C[C@@H]12. The molecule has 3 N–H and O–H groups in total. The van der Waals surface area contributed by atoms with Crippen LogP contribution in [0.5, 0.6) is 5.75 Å². The zero-order valence-electron chi connectivity index (χ0n) is 26.7. The van der Waals surface area contributed by atoms with Crippen molar-refractivity contribution in [3.8, 4) is 5.75 Å². The number of carbonyl (C=O) groups excluding carboxylic acids is 1. The molecule has 242 valence electrons. The van der Waals surface area contributed by atoms with Gasteiger partial charge in [-0.05, 0) is 123 Å². The largest absolute Gasteiger partial charge is 0.489 e. The van der Waals surface area contributed by atoms with E-state index in [-0.39, 0.29) is 58.5 Å². The molecule has 0 radical (unpaired) electrons. The van der Waals surface area contributed by atoms with Crippen molar-refractivity contribution in [3.05, 3.63) is 18.3 Å². The molecule has 10 heteroatoms. The Kier molecular flexibility index (Phi) is 9.16. The molecule has 43 heavy (non-hydrogen) atoms. The minimum Gasteiger partial charge on any atom is -0.489 e. The number of aromatic nitrogens is 1. The van der Waals surface area contributed by atoms with Gasteiger partial charge >= 0.3 is 6.09 Å². The average molecular weight is 621 g/mol. The van der Waals surface area contributed by atoms with Crippen LogP contribution in [0.15, 0.2) is 23.4 Å². The summed E-state index contributed by atoms with van der Waals surface area (Å²) in [5.74, 6) is 2.48. The van der Waals surface area contributed by atoms with Gasteiger partial charge in [0.25, 0.3) is 10.0 Å². The van der Waals surface area contributed by atoms with Gasteiger partial charge in [-0.15, -0.1) is 0 Å². The summed E-state index contributed by atoms with van der Waals surface area (Å²) in [5.41, 5.74) is 0.172. The molecule has 9 nitrogen and oxygen atoms in total. The molecule has 0 aliphatic heterocycles. The number of rotatable bonds is 8. The van der Waals surface area contributed by atoms with Crippen LogP contribution in [0.3, 0.4) is 0 Å². The van der Waals surface area contributed by atoms with Gasteiger partial charge in [0.2, 0.25) is 0 Å². The van der Waals surface area contributed by atoms with E-state index in [4.69, 9.17) is 9.47 Å². The Morgan fingerprint density at radius 3 is 2.40 bits per heavy atom. The predicted molar refractivity (Wildman–Crippen MR) is 163 cm³/mol. The summed E-state index contributed by atoms with van der Waals surface area (Å²) in [7, 11) is -4.18. The van der Waals surface area contributed by atoms with Crippen LogP contribution in [0.1, 0.15) is 92.9 Å². The van der Waals surface area contributed by atoms with Crippen molar-refractivity contribution < 1.29 is 32.9 Å². The molecule has 4 aliphatic rings. The number of sulfonamides is 1. The molecule has 5 rings (SSSR count). The molecule has 4 fully saturated rings. The smallest absolute Gasteiger partial charge is 0.421 e. The number of nitrogens with zero attached hydrogens (tertiary/aromatic N) is 1. The van der Waals surface area contributed by atoms with Crippen LogP contribution in [-0.4, -0.2) is 54.6 Å². The van der Waals surface area contributed by atoms with Crippen LogP contribution in [0, 0.1) is 52.3 Å². The number of hydrogen-bond donors (Lipinski definition) is 3. The van der Waals surface area contributed by atoms with Crippen LogP contribution in [0.4, 0.5) is 4.79 Å². The summed E-state index contributed by atoms with van der Waals surface area (Å²) in [6, 6.07) is 2.80. The standard InChI is InChI=1S/C33H52N2O7S/c1-7-23-27-16-21(36)12-14-33(27,6)26-13-15-32(5)24(9-10-25(32)29(26)30(23)37)20(4)18-41-31(38)35-43(39,40)28-11-8-22(17-34-28)42-19(2)3/h8,11,17,19-21,23-27,29-30,36-37H,7,9-10,12-16,18H2,1-6H3,(H,35,38)/t20-,21+,23-,24-,25+,26+,27+,29+,30-,32-,33-/m1/s1. The summed E-state index contributed by atoms with van der Waals surface area (Å²) in [6.07, 6.45) is 7.45. The van der Waals surface area contributed by atoms with E-state index >= 15 is 0 Å². The van der Waals surface area contributed by atoms with Crippen LogP contribution in [0.2, 0.25) is 0 Å². The van der Waals surface area contributed by atoms with Gasteiger partial charge in [-0.3, -0.25) is 0 Å². The normalized spacial score (nSPS) is 39.7. The molecule has 0 bridgehead atoms. The Morgan fingerprint density at radius 1 is 1.05 bits per heavy atom. The zero-order valence-corrected chi connectivity index (χ0v) is 27.5. The second-order valence-electron chi connectivity index (χ2n) is 14.8. The third kappa shape index (κ3) is 5.92. The molecule has 4 saturated carbocycles. The number of pyridine rings is 1. The fourth-order valence-corrected chi connectivity index (χ4v) is 11.1. The summed E-state index contributed by atoms with van der Waals surface area (Å²) in [6.45, 7) is 12.9.